The van der Waals surface area contributed by atoms with Crippen LogP contribution in [0.15, 0.2) is 17.5 Å². The fourth-order valence-electron chi connectivity index (χ4n) is 2.46. The van der Waals surface area contributed by atoms with Crippen molar-refractivity contribution in [2.24, 2.45) is 5.92 Å². The Morgan fingerprint density at radius 1 is 1.40 bits per heavy atom. The van der Waals surface area contributed by atoms with E-state index in [-0.39, 0.29) is 0 Å². The molecule has 2 heteroatoms. The minimum atomic E-state index is 0.777. The zero-order valence-corrected chi connectivity index (χ0v) is 10.4. The van der Waals surface area contributed by atoms with Crippen molar-refractivity contribution >= 4 is 11.3 Å². The van der Waals surface area contributed by atoms with E-state index in [9.17, 15) is 0 Å². The lowest BCUT2D eigenvalue weighted by atomic mass is 9.86. The monoisotopic (exact) mass is 223 g/mol. The van der Waals surface area contributed by atoms with E-state index in [2.05, 4.69) is 29.8 Å². The summed E-state index contributed by atoms with van der Waals surface area (Å²) in [5.41, 5.74) is 0. The molecular formula is C13H21NS. The third-order valence-corrected chi connectivity index (χ3v) is 4.41. The van der Waals surface area contributed by atoms with E-state index in [0.29, 0.717) is 0 Å². The first kappa shape index (κ1) is 11.2. The van der Waals surface area contributed by atoms with Gasteiger partial charge in [-0.2, -0.15) is 0 Å². The summed E-state index contributed by atoms with van der Waals surface area (Å²) in [7, 11) is 0. The summed E-state index contributed by atoms with van der Waals surface area (Å²) in [5, 5.41) is 5.88. The second-order valence-corrected chi connectivity index (χ2v) is 5.68. The Morgan fingerprint density at radius 3 is 3.00 bits per heavy atom. The van der Waals surface area contributed by atoms with E-state index in [0.717, 1.165) is 18.5 Å². The second kappa shape index (κ2) is 5.66. The van der Waals surface area contributed by atoms with Crippen LogP contribution in [-0.4, -0.2) is 12.6 Å². The van der Waals surface area contributed by atoms with Crippen molar-refractivity contribution in [2.75, 3.05) is 6.54 Å². The lowest BCUT2D eigenvalue weighted by Gasteiger charge is -2.29. The smallest absolute Gasteiger partial charge is 0.00928 e. The average molecular weight is 223 g/mol. The molecule has 1 fully saturated rings. The first-order valence-electron chi connectivity index (χ1n) is 6.12. The molecule has 1 aliphatic carbocycles. The molecule has 2 atom stereocenters. The highest BCUT2D eigenvalue weighted by molar-refractivity contribution is 7.09. The largest absolute Gasteiger partial charge is 0.313 e. The molecule has 1 N–H and O–H groups in total. The van der Waals surface area contributed by atoms with Crippen LogP contribution in [-0.2, 0) is 6.42 Å². The van der Waals surface area contributed by atoms with Gasteiger partial charge in [0.15, 0.2) is 0 Å². The Labute approximate surface area is 96.9 Å². The SMILES string of the molecule is C[C@H]1CCCC[C@@H]1NCCc1cccs1. The molecule has 0 unspecified atom stereocenters. The maximum absolute atomic E-state index is 3.72. The van der Waals surface area contributed by atoms with Gasteiger partial charge in [-0.15, -0.1) is 11.3 Å². The van der Waals surface area contributed by atoms with Crippen molar-refractivity contribution in [2.45, 2.75) is 45.1 Å². The maximum Gasteiger partial charge on any atom is 0.00928 e. The third-order valence-electron chi connectivity index (χ3n) is 3.47. The van der Waals surface area contributed by atoms with Gasteiger partial charge in [-0.3, -0.25) is 0 Å². The van der Waals surface area contributed by atoms with Gasteiger partial charge >= 0.3 is 0 Å². The van der Waals surface area contributed by atoms with E-state index in [1.807, 2.05) is 11.3 Å². The van der Waals surface area contributed by atoms with Gasteiger partial charge in [-0.1, -0.05) is 25.8 Å². The predicted molar refractivity (Wildman–Crippen MR) is 67.4 cm³/mol. The van der Waals surface area contributed by atoms with Crippen molar-refractivity contribution < 1.29 is 0 Å². The fourth-order valence-corrected chi connectivity index (χ4v) is 3.16. The van der Waals surface area contributed by atoms with Gasteiger partial charge < -0.3 is 5.32 Å². The number of rotatable bonds is 4. The van der Waals surface area contributed by atoms with Gasteiger partial charge in [0.05, 0.1) is 0 Å². The molecule has 1 aromatic rings. The van der Waals surface area contributed by atoms with Crippen LogP contribution in [0.4, 0.5) is 0 Å². The number of hydrogen-bond acceptors (Lipinski definition) is 2. The van der Waals surface area contributed by atoms with Crippen LogP contribution in [0, 0.1) is 5.92 Å². The molecular weight excluding hydrogens is 202 g/mol. The van der Waals surface area contributed by atoms with Crippen molar-refractivity contribution in [1.82, 2.24) is 5.32 Å². The van der Waals surface area contributed by atoms with E-state index in [1.165, 1.54) is 37.0 Å². The molecule has 1 heterocycles. The molecule has 0 saturated heterocycles. The van der Waals surface area contributed by atoms with Gasteiger partial charge in [0.25, 0.3) is 0 Å². The van der Waals surface area contributed by atoms with Crippen molar-refractivity contribution in [3.8, 4) is 0 Å². The highest BCUT2D eigenvalue weighted by atomic mass is 32.1. The highest BCUT2D eigenvalue weighted by Gasteiger charge is 2.19. The Balaban J connectivity index is 1.68. The topological polar surface area (TPSA) is 12.0 Å². The molecule has 0 amide bonds. The molecule has 1 aromatic heterocycles. The Kier molecular flexibility index (Phi) is 4.21. The van der Waals surface area contributed by atoms with Crippen LogP contribution in [0.1, 0.15) is 37.5 Å². The maximum atomic E-state index is 3.72. The van der Waals surface area contributed by atoms with Crippen LogP contribution < -0.4 is 5.32 Å². The molecule has 0 aliphatic heterocycles. The summed E-state index contributed by atoms with van der Waals surface area (Å²) in [4.78, 5) is 1.51. The molecule has 0 radical (unpaired) electrons. The molecule has 1 aliphatic rings. The van der Waals surface area contributed by atoms with Crippen LogP contribution >= 0.6 is 11.3 Å². The molecule has 1 nitrogen and oxygen atoms in total. The van der Waals surface area contributed by atoms with Gasteiger partial charge in [0, 0.05) is 17.5 Å². The summed E-state index contributed by atoms with van der Waals surface area (Å²) in [6, 6.07) is 5.15. The molecule has 1 saturated carbocycles. The molecule has 0 aromatic carbocycles. The van der Waals surface area contributed by atoms with Gasteiger partial charge in [-0.25, -0.2) is 0 Å². The minimum Gasteiger partial charge on any atom is -0.313 e. The zero-order valence-electron chi connectivity index (χ0n) is 9.54. The van der Waals surface area contributed by atoms with E-state index in [1.54, 1.807) is 0 Å². The lowest BCUT2D eigenvalue weighted by Crippen LogP contribution is -2.38. The van der Waals surface area contributed by atoms with E-state index < -0.39 is 0 Å². The van der Waals surface area contributed by atoms with Crippen LogP contribution in [0.5, 0.6) is 0 Å². The number of hydrogen-bond donors (Lipinski definition) is 1. The molecule has 0 spiro atoms. The van der Waals surface area contributed by atoms with Crippen molar-refractivity contribution in [3.05, 3.63) is 22.4 Å². The minimum absolute atomic E-state index is 0.777. The van der Waals surface area contributed by atoms with Gasteiger partial charge in [0.2, 0.25) is 0 Å². The number of thiophene rings is 1. The van der Waals surface area contributed by atoms with Gasteiger partial charge in [0.1, 0.15) is 0 Å². The quantitative estimate of drug-likeness (QED) is 0.824. The Morgan fingerprint density at radius 2 is 2.27 bits per heavy atom. The molecule has 0 bridgehead atoms. The van der Waals surface area contributed by atoms with Crippen LogP contribution in [0.25, 0.3) is 0 Å². The first-order valence-corrected chi connectivity index (χ1v) is 7.00. The predicted octanol–water partition coefficient (Wildman–Crippen LogP) is 3.46. The standard InChI is InChI=1S/C13H21NS/c1-11-5-2-3-7-13(11)14-9-8-12-6-4-10-15-12/h4,6,10-11,13-14H,2-3,5,7-9H2,1H3/t11-,13-/m0/s1. The Hall–Kier alpha value is -0.340. The fraction of sp³-hybridized carbons (Fsp3) is 0.692. The summed E-state index contributed by atoms with van der Waals surface area (Å²) in [6.07, 6.45) is 6.84. The van der Waals surface area contributed by atoms with Crippen LogP contribution in [0.3, 0.4) is 0 Å². The zero-order chi connectivity index (χ0) is 10.5. The average Bonchev–Trinajstić information content (AvgIpc) is 2.74. The second-order valence-electron chi connectivity index (χ2n) is 4.65. The Bertz CT molecular complexity index is 268. The van der Waals surface area contributed by atoms with Crippen molar-refractivity contribution in [1.29, 1.82) is 0 Å². The summed E-state index contributed by atoms with van der Waals surface area (Å²) in [6.45, 7) is 3.54. The number of nitrogens with one attached hydrogen (secondary N) is 1. The first-order chi connectivity index (χ1) is 7.36. The third kappa shape index (κ3) is 3.32. The van der Waals surface area contributed by atoms with Crippen molar-refractivity contribution in [3.63, 3.8) is 0 Å². The highest BCUT2D eigenvalue weighted by Crippen LogP contribution is 2.23. The van der Waals surface area contributed by atoms with E-state index in [4.69, 9.17) is 0 Å². The van der Waals surface area contributed by atoms with E-state index >= 15 is 0 Å². The lowest BCUT2D eigenvalue weighted by molar-refractivity contribution is 0.282. The van der Waals surface area contributed by atoms with Gasteiger partial charge in [-0.05, 0) is 36.6 Å². The normalized spacial score (nSPS) is 26.7. The molecule has 15 heavy (non-hydrogen) atoms. The summed E-state index contributed by atoms with van der Waals surface area (Å²) >= 11 is 1.87. The summed E-state index contributed by atoms with van der Waals surface area (Å²) in [5.74, 6) is 0.877. The summed E-state index contributed by atoms with van der Waals surface area (Å²) < 4.78 is 0. The van der Waals surface area contributed by atoms with Crippen LogP contribution in [0.2, 0.25) is 0 Å². The molecule has 84 valence electrons. The molecule has 2 rings (SSSR count).